The van der Waals surface area contributed by atoms with Gasteiger partial charge in [0.15, 0.2) is 0 Å². The second-order valence-electron chi connectivity index (χ2n) is 5.13. The normalized spacial score (nSPS) is 12.9. The number of anilines is 1. The lowest BCUT2D eigenvalue weighted by molar-refractivity contribution is 0.522. The fourth-order valence-electron chi connectivity index (χ4n) is 2.05. The number of benzene rings is 1. The Kier molecular flexibility index (Phi) is 5.47. The van der Waals surface area contributed by atoms with Gasteiger partial charge >= 0.3 is 0 Å². The lowest BCUT2D eigenvalue weighted by Gasteiger charge is -2.21. The summed E-state index contributed by atoms with van der Waals surface area (Å²) in [7, 11) is 0. The van der Waals surface area contributed by atoms with Gasteiger partial charge in [-0.15, -0.1) is 0 Å². The zero-order valence-electron chi connectivity index (χ0n) is 11.2. The lowest BCUT2D eigenvalue weighted by Crippen LogP contribution is -2.30. The van der Waals surface area contributed by atoms with E-state index in [-0.39, 0.29) is 0 Å². The Balaban J connectivity index is 2.79. The van der Waals surface area contributed by atoms with E-state index in [0.717, 1.165) is 6.42 Å². The highest BCUT2D eigenvalue weighted by atomic mass is 79.9. The van der Waals surface area contributed by atoms with E-state index in [1.807, 2.05) is 0 Å². The Morgan fingerprint density at radius 2 is 1.76 bits per heavy atom. The summed E-state index contributed by atoms with van der Waals surface area (Å²) in [6.45, 7) is 9.35. The van der Waals surface area contributed by atoms with Crippen LogP contribution < -0.4 is 11.1 Å². The molecule has 0 aliphatic rings. The number of rotatable bonds is 5. The molecule has 1 atom stereocenters. The molecule has 3 N–H and O–H groups in total. The average molecular weight is 299 g/mol. The van der Waals surface area contributed by atoms with Crippen molar-refractivity contribution < 1.29 is 0 Å². The smallest absolute Gasteiger partial charge is 0.0386 e. The van der Waals surface area contributed by atoms with E-state index in [9.17, 15) is 0 Å². The second-order valence-corrected chi connectivity index (χ2v) is 5.92. The highest BCUT2D eigenvalue weighted by molar-refractivity contribution is 9.10. The predicted molar refractivity (Wildman–Crippen MR) is 79.5 cm³/mol. The minimum Gasteiger partial charge on any atom is -0.381 e. The highest BCUT2D eigenvalue weighted by Gasteiger charge is 2.10. The van der Waals surface area contributed by atoms with Crippen molar-refractivity contribution in [1.82, 2.24) is 0 Å². The molecule has 96 valence electrons. The molecule has 1 unspecified atom stereocenters. The van der Waals surface area contributed by atoms with E-state index >= 15 is 0 Å². The first-order chi connectivity index (χ1) is 7.93. The standard InChI is InChI=1S/C14H23BrN2/c1-9(2)5-13(8-16)17-12-6-10(3)14(15)11(4)7-12/h6-7,9,13,17H,5,8,16H2,1-4H3. The van der Waals surface area contributed by atoms with Gasteiger partial charge in [0.25, 0.3) is 0 Å². The fourth-order valence-corrected chi connectivity index (χ4v) is 2.28. The van der Waals surface area contributed by atoms with Crippen LogP contribution in [-0.4, -0.2) is 12.6 Å². The van der Waals surface area contributed by atoms with Crippen LogP contribution in [0, 0.1) is 19.8 Å². The maximum absolute atomic E-state index is 5.80. The van der Waals surface area contributed by atoms with Gasteiger partial charge < -0.3 is 11.1 Å². The van der Waals surface area contributed by atoms with Crippen molar-refractivity contribution in [3.05, 3.63) is 27.7 Å². The maximum Gasteiger partial charge on any atom is 0.0386 e. The van der Waals surface area contributed by atoms with Crippen LogP contribution in [0.3, 0.4) is 0 Å². The van der Waals surface area contributed by atoms with E-state index < -0.39 is 0 Å². The summed E-state index contributed by atoms with van der Waals surface area (Å²) >= 11 is 3.58. The van der Waals surface area contributed by atoms with Gasteiger partial charge in [0.05, 0.1) is 0 Å². The SMILES string of the molecule is Cc1cc(NC(CN)CC(C)C)cc(C)c1Br. The molecule has 0 spiro atoms. The third-order valence-corrected chi connectivity index (χ3v) is 4.10. The van der Waals surface area contributed by atoms with Crippen molar-refractivity contribution in [3.8, 4) is 0 Å². The third-order valence-electron chi connectivity index (χ3n) is 2.85. The molecule has 1 aromatic carbocycles. The van der Waals surface area contributed by atoms with Crippen LogP contribution in [0.15, 0.2) is 16.6 Å². The largest absolute Gasteiger partial charge is 0.381 e. The molecule has 0 saturated heterocycles. The molecule has 0 bridgehead atoms. The third kappa shape index (κ3) is 4.32. The molecule has 3 heteroatoms. The molecule has 0 fully saturated rings. The molecule has 0 saturated carbocycles. The van der Waals surface area contributed by atoms with Crippen molar-refractivity contribution in [2.45, 2.75) is 40.2 Å². The van der Waals surface area contributed by atoms with Crippen molar-refractivity contribution in [3.63, 3.8) is 0 Å². The van der Waals surface area contributed by atoms with Gasteiger partial charge in [-0.1, -0.05) is 29.8 Å². The van der Waals surface area contributed by atoms with Crippen LogP contribution in [0.4, 0.5) is 5.69 Å². The minimum absolute atomic E-state index is 0.356. The molecule has 0 heterocycles. The number of aryl methyl sites for hydroxylation is 2. The Morgan fingerprint density at radius 1 is 1.24 bits per heavy atom. The summed E-state index contributed by atoms with van der Waals surface area (Å²) in [5.41, 5.74) is 9.48. The van der Waals surface area contributed by atoms with Crippen LogP contribution in [0.1, 0.15) is 31.4 Å². The van der Waals surface area contributed by atoms with Crippen LogP contribution in [0.25, 0.3) is 0 Å². The van der Waals surface area contributed by atoms with Gasteiger partial charge in [0.2, 0.25) is 0 Å². The van der Waals surface area contributed by atoms with Crippen LogP contribution in [-0.2, 0) is 0 Å². The number of hydrogen-bond acceptors (Lipinski definition) is 2. The summed E-state index contributed by atoms with van der Waals surface area (Å²) in [5, 5.41) is 3.52. The van der Waals surface area contributed by atoms with Gasteiger partial charge in [0, 0.05) is 22.7 Å². The zero-order valence-corrected chi connectivity index (χ0v) is 12.8. The first-order valence-electron chi connectivity index (χ1n) is 6.17. The quantitative estimate of drug-likeness (QED) is 0.866. The molecule has 0 aliphatic heterocycles. The van der Waals surface area contributed by atoms with Crippen LogP contribution in [0.2, 0.25) is 0 Å². The average Bonchev–Trinajstić information content (AvgIpc) is 2.24. The summed E-state index contributed by atoms with van der Waals surface area (Å²) in [6, 6.07) is 4.69. The molecule has 0 radical (unpaired) electrons. The monoisotopic (exact) mass is 298 g/mol. The molecule has 0 aliphatic carbocycles. The van der Waals surface area contributed by atoms with Gasteiger partial charge in [-0.25, -0.2) is 0 Å². The number of halogens is 1. The summed E-state index contributed by atoms with van der Waals surface area (Å²) in [6.07, 6.45) is 1.10. The number of nitrogens with two attached hydrogens (primary N) is 1. The minimum atomic E-state index is 0.356. The molecule has 0 amide bonds. The molecule has 1 rings (SSSR count). The number of nitrogens with one attached hydrogen (secondary N) is 1. The molecular formula is C14H23BrN2. The van der Waals surface area contributed by atoms with E-state index in [1.54, 1.807) is 0 Å². The number of hydrogen-bond donors (Lipinski definition) is 2. The zero-order chi connectivity index (χ0) is 13.0. The van der Waals surface area contributed by atoms with Crippen molar-refractivity contribution in [2.75, 3.05) is 11.9 Å². The topological polar surface area (TPSA) is 38.0 Å². The first kappa shape index (κ1) is 14.5. The predicted octanol–water partition coefficient (Wildman–Crippen LogP) is 3.85. The Hall–Kier alpha value is -0.540. The van der Waals surface area contributed by atoms with E-state index in [0.29, 0.717) is 18.5 Å². The van der Waals surface area contributed by atoms with Gasteiger partial charge in [-0.2, -0.15) is 0 Å². The lowest BCUT2D eigenvalue weighted by atomic mass is 10.0. The van der Waals surface area contributed by atoms with E-state index in [4.69, 9.17) is 5.73 Å². The summed E-state index contributed by atoms with van der Waals surface area (Å²) in [5.74, 6) is 0.661. The van der Waals surface area contributed by atoms with Crippen LogP contribution in [0.5, 0.6) is 0 Å². The van der Waals surface area contributed by atoms with Gasteiger partial charge in [-0.3, -0.25) is 0 Å². The Bertz CT molecular complexity index is 351. The van der Waals surface area contributed by atoms with Gasteiger partial charge in [0.1, 0.15) is 0 Å². The van der Waals surface area contributed by atoms with Crippen molar-refractivity contribution >= 4 is 21.6 Å². The Morgan fingerprint density at radius 3 is 2.18 bits per heavy atom. The van der Waals surface area contributed by atoms with Crippen LogP contribution >= 0.6 is 15.9 Å². The molecule has 0 aromatic heterocycles. The van der Waals surface area contributed by atoms with E-state index in [1.165, 1.54) is 21.3 Å². The molecule has 2 nitrogen and oxygen atoms in total. The second kappa shape index (κ2) is 6.41. The first-order valence-corrected chi connectivity index (χ1v) is 6.96. The highest BCUT2D eigenvalue weighted by Crippen LogP contribution is 2.25. The van der Waals surface area contributed by atoms with Gasteiger partial charge in [-0.05, 0) is 49.4 Å². The summed E-state index contributed by atoms with van der Waals surface area (Å²) < 4.78 is 1.19. The van der Waals surface area contributed by atoms with Crippen molar-refractivity contribution in [2.24, 2.45) is 11.7 Å². The Labute approximate surface area is 113 Å². The summed E-state index contributed by atoms with van der Waals surface area (Å²) in [4.78, 5) is 0. The fraction of sp³-hybridized carbons (Fsp3) is 0.571. The molecule has 1 aromatic rings. The maximum atomic E-state index is 5.80. The van der Waals surface area contributed by atoms with Crippen molar-refractivity contribution in [1.29, 1.82) is 0 Å². The van der Waals surface area contributed by atoms with E-state index in [2.05, 4.69) is 61.1 Å². The molecular weight excluding hydrogens is 276 g/mol. The molecule has 17 heavy (non-hydrogen) atoms.